The summed E-state index contributed by atoms with van der Waals surface area (Å²) in [6.07, 6.45) is 4.20. The number of nitrogens with zero attached hydrogens (tertiary/aromatic N) is 1. The molecule has 0 bridgehead atoms. The summed E-state index contributed by atoms with van der Waals surface area (Å²) in [4.78, 5) is 55.5. The summed E-state index contributed by atoms with van der Waals surface area (Å²) >= 11 is 0. The van der Waals surface area contributed by atoms with Gasteiger partial charge in [-0.2, -0.15) is 0 Å². The first-order valence-electron chi connectivity index (χ1n) is 13.4. The van der Waals surface area contributed by atoms with Gasteiger partial charge in [-0.25, -0.2) is 0 Å². The summed E-state index contributed by atoms with van der Waals surface area (Å²) in [5, 5.41) is 20.6. The Balaban J connectivity index is 1.41. The molecule has 0 aromatic heterocycles. The largest absolute Gasteiger partial charge is 0.508 e. The smallest absolute Gasteiger partial charge is 0.233 e. The van der Waals surface area contributed by atoms with E-state index in [0.717, 1.165) is 11.1 Å². The van der Waals surface area contributed by atoms with Crippen LogP contribution in [-0.4, -0.2) is 52.1 Å². The molecule has 6 rings (SSSR count). The van der Waals surface area contributed by atoms with Crippen molar-refractivity contribution < 1.29 is 34.1 Å². The molecule has 0 spiro atoms. The van der Waals surface area contributed by atoms with Crippen molar-refractivity contribution in [2.45, 2.75) is 32.1 Å². The number of Topliss-reactive ketones (excluding diaryl/α,β-unsaturated/α-hetero) is 1. The average Bonchev–Trinajstić information content (AvgIpc) is 3.19. The van der Waals surface area contributed by atoms with E-state index in [2.05, 4.69) is 0 Å². The van der Waals surface area contributed by atoms with Crippen molar-refractivity contribution in [3.63, 3.8) is 0 Å². The van der Waals surface area contributed by atoms with Crippen LogP contribution in [0.4, 0.5) is 0 Å². The number of likely N-dealkylation sites (tertiary alicyclic amines) is 1. The standard InChI is InChI=1S/C32H29NO7/c1-16-14-24(36)27-22(30(16)37)15-21-19(28(27)29-23(35)4-3-5-25(29)40-2)10-11-20-26(21)32(39)33(31(20)38)13-12-17-6-8-18(34)9-7-17/h3-10,14,20-21,26,28,34-35H,11-13,15H2,1-2H3/t20-,21+,26-,28-/m0/s1. The number of ketones is 2. The number of carbonyl (C=O) groups excluding carboxylic acids is 4. The zero-order chi connectivity index (χ0) is 28.3. The lowest BCUT2D eigenvalue weighted by molar-refractivity contribution is -0.140. The molecule has 8 nitrogen and oxygen atoms in total. The molecule has 40 heavy (non-hydrogen) atoms. The van der Waals surface area contributed by atoms with E-state index in [1.165, 1.54) is 24.2 Å². The van der Waals surface area contributed by atoms with Crippen molar-refractivity contribution in [2.24, 2.45) is 17.8 Å². The monoisotopic (exact) mass is 539 g/mol. The first-order valence-corrected chi connectivity index (χ1v) is 13.4. The molecule has 2 aromatic rings. The van der Waals surface area contributed by atoms with Crippen molar-refractivity contribution in [3.05, 3.63) is 88.0 Å². The third-order valence-electron chi connectivity index (χ3n) is 8.77. The van der Waals surface area contributed by atoms with E-state index in [9.17, 15) is 29.4 Å². The topological polar surface area (TPSA) is 121 Å². The van der Waals surface area contributed by atoms with Gasteiger partial charge >= 0.3 is 0 Å². The number of ether oxygens (including phenoxy) is 1. The maximum absolute atomic E-state index is 13.9. The highest BCUT2D eigenvalue weighted by molar-refractivity contribution is 6.23. The molecule has 0 radical (unpaired) electrons. The molecular formula is C32H29NO7. The number of carbonyl (C=O) groups is 4. The van der Waals surface area contributed by atoms with Crippen LogP contribution in [0.2, 0.25) is 0 Å². The molecule has 0 unspecified atom stereocenters. The molecule has 2 aromatic carbocycles. The Labute approximate surface area is 231 Å². The summed E-state index contributed by atoms with van der Waals surface area (Å²) < 4.78 is 5.58. The quantitative estimate of drug-likeness (QED) is 0.337. The van der Waals surface area contributed by atoms with E-state index in [0.29, 0.717) is 40.9 Å². The number of phenols is 2. The molecular weight excluding hydrogens is 510 g/mol. The lowest BCUT2D eigenvalue weighted by Gasteiger charge is -2.42. The molecule has 4 atom stereocenters. The Morgan fingerprint density at radius 1 is 0.975 bits per heavy atom. The van der Waals surface area contributed by atoms with Crippen LogP contribution in [-0.2, 0) is 25.6 Å². The van der Waals surface area contributed by atoms with Gasteiger partial charge in [0.05, 0.1) is 18.9 Å². The average molecular weight is 540 g/mol. The fourth-order valence-corrected chi connectivity index (χ4v) is 6.90. The molecule has 1 heterocycles. The molecule has 1 aliphatic heterocycles. The highest BCUT2D eigenvalue weighted by Crippen LogP contribution is 2.57. The third kappa shape index (κ3) is 3.89. The maximum Gasteiger partial charge on any atom is 0.233 e. The molecule has 1 saturated heterocycles. The van der Waals surface area contributed by atoms with Gasteiger partial charge in [-0.1, -0.05) is 29.8 Å². The molecule has 8 heteroatoms. The van der Waals surface area contributed by atoms with Gasteiger partial charge in [0, 0.05) is 34.7 Å². The SMILES string of the molecule is COc1cccc(O)c1[C@H]1C2=CC[C@@H]3C(=O)N(CCc4ccc(O)cc4)C(=O)[C@@H]3[C@@H]2CC2=C1C(=O)C=C(C)C2=O. The van der Waals surface area contributed by atoms with Crippen molar-refractivity contribution in [1.82, 2.24) is 4.90 Å². The van der Waals surface area contributed by atoms with E-state index in [-0.39, 0.29) is 47.8 Å². The maximum atomic E-state index is 13.9. The molecule has 4 aliphatic rings. The summed E-state index contributed by atoms with van der Waals surface area (Å²) in [7, 11) is 1.47. The first-order chi connectivity index (χ1) is 19.2. The van der Waals surface area contributed by atoms with Gasteiger partial charge in [-0.15, -0.1) is 0 Å². The van der Waals surface area contributed by atoms with Crippen molar-refractivity contribution in [3.8, 4) is 17.2 Å². The fourth-order valence-electron chi connectivity index (χ4n) is 6.90. The summed E-state index contributed by atoms with van der Waals surface area (Å²) in [6, 6.07) is 11.5. The van der Waals surface area contributed by atoms with E-state index < -0.39 is 23.7 Å². The minimum atomic E-state index is -0.777. The van der Waals surface area contributed by atoms with Crippen LogP contribution in [0.1, 0.15) is 36.8 Å². The molecule has 0 saturated carbocycles. The van der Waals surface area contributed by atoms with E-state index >= 15 is 0 Å². The van der Waals surface area contributed by atoms with Crippen LogP contribution in [0.15, 0.2) is 76.9 Å². The summed E-state index contributed by atoms with van der Waals surface area (Å²) in [5.41, 5.74) is 3.00. The van der Waals surface area contributed by atoms with Crippen molar-refractivity contribution >= 4 is 23.4 Å². The zero-order valence-electron chi connectivity index (χ0n) is 22.2. The minimum absolute atomic E-state index is 0.0734. The number of fused-ring (bicyclic) bond motifs is 3. The lowest BCUT2D eigenvalue weighted by Crippen LogP contribution is -2.40. The predicted octanol–water partition coefficient (Wildman–Crippen LogP) is 3.78. The number of rotatable bonds is 5. The highest BCUT2D eigenvalue weighted by Gasteiger charge is 2.56. The van der Waals surface area contributed by atoms with E-state index in [4.69, 9.17) is 4.74 Å². The van der Waals surface area contributed by atoms with Gasteiger partial charge in [-0.3, -0.25) is 24.1 Å². The van der Waals surface area contributed by atoms with Crippen molar-refractivity contribution in [1.29, 1.82) is 0 Å². The van der Waals surface area contributed by atoms with Crippen LogP contribution in [0, 0.1) is 17.8 Å². The Kier molecular flexibility index (Phi) is 6.21. The van der Waals surface area contributed by atoms with Gasteiger partial charge in [0.1, 0.15) is 17.2 Å². The first kappa shape index (κ1) is 25.8. The van der Waals surface area contributed by atoms with Gasteiger partial charge in [0.25, 0.3) is 0 Å². The second-order valence-corrected chi connectivity index (χ2v) is 10.9. The zero-order valence-corrected chi connectivity index (χ0v) is 22.2. The van der Waals surface area contributed by atoms with Gasteiger partial charge < -0.3 is 14.9 Å². The number of imide groups is 1. The van der Waals surface area contributed by atoms with Gasteiger partial charge in [-0.05, 0) is 68.0 Å². The molecule has 2 N–H and O–H groups in total. The molecule has 204 valence electrons. The fraction of sp³-hybridized carbons (Fsp3) is 0.312. The van der Waals surface area contributed by atoms with Gasteiger partial charge in [0.15, 0.2) is 11.6 Å². The number of allylic oxidation sites excluding steroid dienone is 6. The number of amides is 2. The molecule has 1 fully saturated rings. The number of benzene rings is 2. The van der Waals surface area contributed by atoms with Crippen molar-refractivity contribution in [2.75, 3.05) is 13.7 Å². The minimum Gasteiger partial charge on any atom is -0.508 e. The molecule has 3 aliphatic carbocycles. The second kappa shape index (κ2) is 9.62. The Morgan fingerprint density at radius 3 is 2.45 bits per heavy atom. The van der Waals surface area contributed by atoms with Crippen LogP contribution in [0.25, 0.3) is 0 Å². The van der Waals surface area contributed by atoms with Crippen LogP contribution in [0.3, 0.4) is 0 Å². The van der Waals surface area contributed by atoms with Crippen LogP contribution in [0.5, 0.6) is 17.2 Å². The Morgan fingerprint density at radius 2 is 1.73 bits per heavy atom. The summed E-state index contributed by atoms with van der Waals surface area (Å²) in [5.74, 6) is -3.11. The van der Waals surface area contributed by atoms with E-state index in [1.54, 1.807) is 43.3 Å². The number of hydrogen-bond donors (Lipinski definition) is 2. The number of phenolic OH excluding ortho intramolecular Hbond substituents is 2. The number of aromatic hydroxyl groups is 2. The second-order valence-electron chi connectivity index (χ2n) is 10.9. The van der Waals surface area contributed by atoms with E-state index in [1.807, 2.05) is 6.08 Å². The Hall–Kier alpha value is -4.46. The third-order valence-corrected chi connectivity index (χ3v) is 8.77. The number of methoxy groups -OCH3 is 1. The summed E-state index contributed by atoms with van der Waals surface area (Å²) in [6.45, 7) is 1.81. The van der Waals surface area contributed by atoms with Gasteiger partial charge in [0.2, 0.25) is 11.8 Å². The number of hydrogen-bond acceptors (Lipinski definition) is 7. The van der Waals surface area contributed by atoms with Crippen LogP contribution >= 0.6 is 0 Å². The molecule has 2 amide bonds. The highest BCUT2D eigenvalue weighted by atomic mass is 16.5. The lowest BCUT2D eigenvalue weighted by atomic mass is 9.59. The Bertz CT molecular complexity index is 1560. The normalized spacial score (nSPS) is 25.8. The van der Waals surface area contributed by atoms with Crippen LogP contribution < -0.4 is 4.74 Å². The predicted molar refractivity (Wildman–Crippen MR) is 145 cm³/mol.